The van der Waals surface area contributed by atoms with Gasteiger partial charge in [-0.05, 0) is 67.8 Å². The third-order valence-corrected chi connectivity index (χ3v) is 5.39. The second kappa shape index (κ2) is 12.2. The van der Waals surface area contributed by atoms with Crippen molar-refractivity contribution in [3.05, 3.63) is 89.5 Å². The smallest absolute Gasteiger partial charge is 0.346 e. The first-order valence-corrected chi connectivity index (χ1v) is 10.8. The van der Waals surface area contributed by atoms with Crippen molar-refractivity contribution < 1.29 is 9.90 Å². The minimum Gasteiger partial charge on any atom is -0.477 e. The molecule has 0 radical (unpaired) electrons. The number of nitriles is 1. The minimum absolute atomic E-state index is 0.299. The van der Waals surface area contributed by atoms with Gasteiger partial charge in [0.2, 0.25) is 0 Å². The highest BCUT2D eigenvalue weighted by Crippen LogP contribution is 2.27. The van der Waals surface area contributed by atoms with E-state index in [1.165, 1.54) is 11.8 Å². The molecule has 0 saturated heterocycles. The molecule has 0 aromatic heterocycles. The molecule has 0 amide bonds. The fourth-order valence-corrected chi connectivity index (χ4v) is 3.34. The van der Waals surface area contributed by atoms with Crippen molar-refractivity contribution in [3.63, 3.8) is 0 Å². The number of allylic oxidation sites excluding steroid dienone is 4. The van der Waals surface area contributed by atoms with E-state index in [9.17, 15) is 4.79 Å². The van der Waals surface area contributed by atoms with E-state index in [4.69, 9.17) is 10.4 Å². The molecule has 166 valence electrons. The number of anilines is 2. The summed E-state index contributed by atoms with van der Waals surface area (Å²) in [6.07, 6.45) is 6.59. The van der Waals surface area contributed by atoms with Crippen LogP contribution in [0.1, 0.15) is 31.9 Å². The molecule has 0 aliphatic carbocycles. The molecule has 0 saturated carbocycles. The molecule has 0 aliphatic heterocycles. The number of rotatable bonds is 10. The Balaban J connectivity index is 2.45. The van der Waals surface area contributed by atoms with Gasteiger partial charge < -0.3 is 14.9 Å². The summed E-state index contributed by atoms with van der Waals surface area (Å²) in [6, 6.07) is 18.5. The Morgan fingerprint density at radius 1 is 0.875 bits per heavy atom. The van der Waals surface area contributed by atoms with Crippen LogP contribution in [0.2, 0.25) is 0 Å². The van der Waals surface area contributed by atoms with E-state index in [0.29, 0.717) is 0 Å². The van der Waals surface area contributed by atoms with Crippen molar-refractivity contribution in [1.82, 2.24) is 0 Å². The molecule has 5 nitrogen and oxygen atoms in total. The van der Waals surface area contributed by atoms with Gasteiger partial charge in [0.05, 0.1) is 0 Å². The van der Waals surface area contributed by atoms with Crippen LogP contribution in [0.3, 0.4) is 0 Å². The number of benzene rings is 2. The lowest BCUT2D eigenvalue weighted by atomic mass is 9.96. The summed E-state index contributed by atoms with van der Waals surface area (Å²) >= 11 is 0. The maximum absolute atomic E-state index is 11.0. The summed E-state index contributed by atoms with van der Waals surface area (Å²) < 4.78 is 0. The van der Waals surface area contributed by atoms with Crippen LogP contribution in [-0.4, -0.2) is 37.8 Å². The quantitative estimate of drug-likeness (QED) is 0.306. The Hall–Kier alpha value is -3.78. The Morgan fingerprint density at radius 2 is 1.38 bits per heavy atom. The van der Waals surface area contributed by atoms with Gasteiger partial charge in [-0.1, -0.05) is 42.5 Å². The standard InChI is InChI=1S/C27H31N3O2/c1-5-29(4)24-16-12-21(13-17-24)26(11-9-8-10-23(20-28)27(31)32)22-14-18-25(19-15-22)30(6-2)7-3/h8-19H,5-7H2,1-4H3,(H,31,32)/b9-8+,23-10+,26-11+. The van der Waals surface area contributed by atoms with Crippen molar-refractivity contribution >= 4 is 22.9 Å². The van der Waals surface area contributed by atoms with E-state index in [-0.39, 0.29) is 5.57 Å². The lowest BCUT2D eigenvalue weighted by molar-refractivity contribution is -0.132. The zero-order valence-electron chi connectivity index (χ0n) is 19.2. The molecule has 2 aromatic carbocycles. The highest BCUT2D eigenvalue weighted by molar-refractivity contribution is 5.91. The van der Waals surface area contributed by atoms with Crippen LogP contribution in [0, 0.1) is 11.3 Å². The van der Waals surface area contributed by atoms with Crippen LogP contribution in [0.25, 0.3) is 5.57 Å². The molecular formula is C27H31N3O2. The predicted molar refractivity (Wildman–Crippen MR) is 133 cm³/mol. The van der Waals surface area contributed by atoms with E-state index in [2.05, 4.69) is 86.1 Å². The maximum Gasteiger partial charge on any atom is 0.346 e. The first-order valence-electron chi connectivity index (χ1n) is 10.8. The van der Waals surface area contributed by atoms with E-state index >= 15 is 0 Å². The molecule has 0 fully saturated rings. The maximum atomic E-state index is 11.0. The van der Waals surface area contributed by atoms with Gasteiger partial charge in [-0.3, -0.25) is 0 Å². The van der Waals surface area contributed by atoms with Crippen molar-refractivity contribution in [2.24, 2.45) is 0 Å². The molecule has 1 N–H and O–H groups in total. The molecule has 0 unspecified atom stereocenters. The zero-order valence-corrected chi connectivity index (χ0v) is 19.2. The number of carboxylic acids is 1. The second-order valence-electron chi connectivity index (χ2n) is 7.24. The van der Waals surface area contributed by atoms with Crippen molar-refractivity contribution in [3.8, 4) is 6.07 Å². The van der Waals surface area contributed by atoms with Crippen LogP contribution in [0.15, 0.2) is 78.4 Å². The molecule has 32 heavy (non-hydrogen) atoms. The second-order valence-corrected chi connectivity index (χ2v) is 7.24. The first-order chi connectivity index (χ1) is 15.4. The highest BCUT2D eigenvalue weighted by Gasteiger charge is 2.08. The third kappa shape index (κ3) is 6.36. The number of aliphatic carboxylic acids is 1. The molecular weight excluding hydrogens is 398 g/mol. The van der Waals surface area contributed by atoms with Crippen molar-refractivity contribution in [2.45, 2.75) is 20.8 Å². The molecule has 2 rings (SSSR count). The number of hydrogen-bond acceptors (Lipinski definition) is 4. The predicted octanol–water partition coefficient (Wildman–Crippen LogP) is 5.51. The lowest BCUT2D eigenvalue weighted by Gasteiger charge is -2.21. The van der Waals surface area contributed by atoms with Gasteiger partial charge in [0.15, 0.2) is 0 Å². The number of hydrogen-bond donors (Lipinski definition) is 1. The van der Waals surface area contributed by atoms with Gasteiger partial charge in [-0.25, -0.2) is 4.79 Å². The van der Waals surface area contributed by atoms with E-state index < -0.39 is 5.97 Å². The zero-order chi connectivity index (χ0) is 23.5. The van der Waals surface area contributed by atoms with Crippen LogP contribution in [-0.2, 0) is 4.79 Å². The SMILES string of the molecule is CCN(C)c1ccc(\C(=C/C=C/C=C(\C#N)C(=O)O)c2ccc(N(CC)CC)cc2)cc1. The van der Waals surface area contributed by atoms with Gasteiger partial charge in [-0.2, -0.15) is 5.26 Å². The molecule has 0 spiro atoms. The van der Waals surface area contributed by atoms with Crippen molar-refractivity contribution in [2.75, 3.05) is 36.5 Å². The Kier molecular flexibility index (Phi) is 9.31. The Labute approximate surface area is 191 Å². The molecule has 0 atom stereocenters. The summed E-state index contributed by atoms with van der Waals surface area (Å²) in [4.78, 5) is 15.5. The molecule has 0 heterocycles. The largest absolute Gasteiger partial charge is 0.477 e. The van der Waals surface area contributed by atoms with Crippen LogP contribution >= 0.6 is 0 Å². The molecule has 0 bridgehead atoms. The fraction of sp³-hybridized carbons (Fsp3) is 0.259. The van der Waals surface area contributed by atoms with E-state index in [1.54, 1.807) is 18.2 Å². The molecule has 5 heteroatoms. The summed E-state index contributed by atoms with van der Waals surface area (Å²) in [5, 5.41) is 17.9. The monoisotopic (exact) mass is 429 g/mol. The van der Waals surface area contributed by atoms with Crippen LogP contribution in [0.4, 0.5) is 11.4 Å². The van der Waals surface area contributed by atoms with Crippen LogP contribution < -0.4 is 9.80 Å². The van der Waals surface area contributed by atoms with Gasteiger partial charge in [0.25, 0.3) is 0 Å². The third-order valence-electron chi connectivity index (χ3n) is 5.39. The van der Waals surface area contributed by atoms with Gasteiger partial charge in [0.1, 0.15) is 11.6 Å². The lowest BCUT2D eigenvalue weighted by Crippen LogP contribution is -2.21. The number of carbonyl (C=O) groups is 1. The topological polar surface area (TPSA) is 67.6 Å². The van der Waals surface area contributed by atoms with Gasteiger partial charge >= 0.3 is 5.97 Å². The highest BCUT2D eigenvalue weighted by atomic mass is 16.4. The summed E-state index contributed by atoms with van der Waals surface area (Å²) in [7, 11) is 2.06. The summed E-state index contributed by atoms with van der Waals surface area (Å²) in [5.74, 6) is -1.23. The van der Waals surface area contributed by atoms with E-state index in [0.717, 1.165) is 42.0 Å². The molecule has 2 aromatic rings. The minimum atomic E-state index is -1.23. The average Bonchev–Trinajstić information content (AvgIpc) is 2.82. The van der Waals surface area contributed by atoms with Crippen LogP contribution in [0.5, 0.6) is 0 Å². The normalized spacial score (nSPS) is 12.0. The van der Waals surface area contributed by atoms with Crippen molar-refractivity contribution in [1.29, 1.82) is 5.26 Å². The fourth-order valence-electron chi connectivity index (χ4n) is 3.34. The molecule has 0 aliphatic rings. The van der Waals surface area contributed by atoms with Gasteiger partial charge in [0, 0.05) is 38.1 Å². The first kappa shape index (κ1) is 24.5. The van der Waals surface area contributed by atoms with Gasteiger partial charge in [-0.15, -0.1) is 0 Å². The Bertz CT molecular complexity index is 1020. The Morgan fingerprint density at radius 3 is 1.81 bits per heavy atom. The number of carboxylic acid groups (broad SMARTS) is 1. The summed E-state index contributed by atoms with van der Waals surface area (Å²) in [6.45, 7) is 9.22. The van der Waals surface area contributed by atoms with E-state index in [1.807, 2.05) is 6.08 Å². The summed E-state index contributed by atoms with van der Waals surface area (Å²) in [5.41, 5.74) is 5.15. The average molecular weight is 430 g/mol. The number of nitrogens with zero attached hydrogens (tertiary/aromatic N) is 3.